The molecule has 7 nitrogen and oxygen atoms in total. The average Bonchev–Trinajstić information content (AvgIpc) is 2.90. The molecule has 1 aromatic heterocycles. The van der Waals surface area contributed by atoms with E-state index >= 15 is 0 Å². The first-order valence-corrected chi connectivity index (χ1v) is 6.28. The fraction of sp³-hybridized carbons (Fsp3) is 0.583. The molecule has 7 heteroatoms. The molecular formula is C12H19N5O2. The van der Waals surface area contributed by atoms with Crippen molar-refractivity contribution in [1.29, 1.82) is 0 Å². The Balaban J connectivity index is 1.86. The SMILES string of the molecule is Cc1cnc([C@H](C)NC(=O)CN2CCN(C)C2=O)[nH]1. The maximum Gasteiger partial charge on any atom is 0.320 e. The van der Waals surface area contributed by atoms with Gasteiger partial charge in [0.05, 0.1) is 6.04 Å². The lowest BCUT2D eigenvalue weighted by molar-refractivity contribution is -0.122. The van der Waals surface area contributed by atoms with E-state index in [9.17, 15) is 9.59 Å². The van der Waals surface area contributed by atoms with Crippen molar-refractivity contribution in [2.45, 2.75) is 19.9 Å². The number of aromatic nitrogens is 2. The first kappa shape index (κ1) is 13.4. The number of urea groups is 1. The lowest BCUT2D eigenvalue weighted by Gasteiger charge is -2.17. The number of nitrogens with zero attached hydrogens (tertiary/aromatic N) is 3. The molecule has 1 aliphatic heterocycles. The molecule has 1 aromatic rings. The van der Waals surface area contributed by atoms with Gasteiger partial charge in [-0.2, -0.15) is 0 Å². The van der Waals surface area contributed by atoms with Crippen LogP contribution in [0.15, 0.2) is 6.20 Å². The van der Waals surface area contributed by atoms with Crippen LogP contribution < -0.4 is 5.32 Å². The van der Waals surface area contributed by atoms with Crippen molar-refractivity contribution in [3.63, 3.8) is 0 Å². The van der Waals surface area contributed by atoms with E-state index in [1.807, 2.05) is 13.8 Å². The summed E-state index contributed by atoms with van der Waals surface area (Å²) in [5.74, 6) is 0.543. The zero-order chi connectivity index (χ0) is 14.0. The number of carbonyl (C=O) groups is 2. The molecule has 0 aromatic carbocycles. The van der Waals surface area contributed by atoms with E-state index in [1.165, 1.54) is 4.90 Å². The van der Waals surface area contributed by atoms with Gasteiger partial charge in [-0.1, -0.05) is 0 Å². The summed E-state index contributed by atoms with van der Waals surface area (Å²) in [6.45, 7) is 5.11. The van der Waals surface area contributed by atoms with Crippen LogP contribution in [0.25, 0.3) is 0 Å². The van der Waals surface area contributed by atoms with Gasteiger partial charge in [-0.3, -0.25) is 4.79 Å². The van der Waals surface area contributed by atoms with Crippen LogP contribution in [0.1, 0.15) is 24.5 Å². The Morgan fingerprint density at radius 2 is 2.32 bits per heavy atom. The van der Waals surface area contributed by atoms with Crippen LogP contribution in [-0.4, -0.2) is 58.4 Å². The zero-order valence-electron chi connectivity index (χ0n) is 11.4. The van der Waals surface area contributed by atoms with Gasteiger partial charge in [0, 0.05) is 32.0 Å². The van der Waals surface area contributed by atoms with Crippen molar-refractivity contribution >= 4 is 11.9 Å². The Morgan fingerprint density at radius 1 is 1.58 bits per heavy atom. The summed E-state index contributed by atoms with van der Waals surface area (Å²) in [6, 6.07) is -0.298. The summed E-state index contributed by atoms with van der Waals surface area (Å²) in [5, 5.41) is 2.83. The molecule has 0 spiro atoms. The molecular weight excluding hydrogens is 246 g/mol. The van der Waals surface area contributed by atoms with Gasteiger partial charge < -0.3 is 20.1 Å². The molecule has 3 amide bonds. The summed E-state index contributed by atoms with van der Waals surface area (Å²) in [7, 11) is 1.73. The molecule has 1 fully saturated rings. The van der Waals surface area contributed by atoms with Crippen LogP contribution in [0.5, 0.6) is 0 Å². The summed E-state index contributed by atoms with van der Waals surface area (Å²) < 4.78 is 0. The van der Waals surface area contributed by atoms with Crippen LogP contribution in [0.4, 0.5) is 4.79 Å². The number of imidazole rings is 1. The summed E-state index contributed by atoms with van der Waals surface area (Å²) >= 11 is 0. The maximum absolute atomic E-state index is 11.9. The molecule has 0 unspecified atom stereocenters. The third-order valence-electron chi connectivity index (χ3n) is 3.15. The number of nitrogens with one attached hydrogen (secondary N) is 2. The molecule has 0 bridgehead atoms. The van der Waals surface area contributed by atoms with Crippen molar-refractivity contribution in [3.05, 3.63) is 17.7 Å². The first-order chi connectivity index (χ1) is 8.97. The monoisotopic (exact) mass is 265 g/mol. The van der Waals surface area contributed by atoms with Gasteiger partial charge in [0.1, 0.15) is 12.4 Å². The number of rotatable bonds is 4. The minimum Gasteiger partial charge on any atom is -0.345 e. The van der Waals surface area contributed by atoms with Crippen LogP contribution in [0.3, 0.4) is 0 Å². The van der Waals surface area contributed by atoms with Crippen molar-refractivity contribution in [2.24, 2.45) is 0 Å². The number of likely N-dealkylation sites (N-methyl/N-ethyl adjacent to an activating group) is 1. The number of hydrogen-bond donors (Lipinski definition) is 2. The standard InChI is InChI=1S/C12H19N5O2/c1-8-6-13-11(14-8)9(2)15-10(18)7-17-5-4-16(3)12(17)19/h6,9H,4-5,7H2,1-3H3,(H,13,14)(H,15,18)/t9-/m0/s1. The van der Waals surface area contributed by atoms with Gasteiger partial charge in [0.15, 0.2) is 0 Å². The number of H-pyrrole nitrogens is 1. The van der Waals surface area contributed by atoms with E-state index in [0.717, 1.165) is 11.5 Å². The molecule has 1 saturated heterocycles. The lowest BCUT2D eigenvalue weighted by Crippen LogP contribution is -2.40. The van der Waals surface area contributed by atoms with Gasteiger partial charge in [-0.15, -0.1) is 0 Å². The Kier molecular flexibility index (Phi) is 3.73. The van der Waals surface area contributed by atoms with Gasteiger partial charge in [0.2, 0.25) is 5.91 Å². The largest absolute Gasteiger partial charge is 0.345 e. The Hall–Kier alpha value is -2.05. The minimum atomic E-state index is -0.198. The molecule has 1 atom stereocenters. The summed E-state index contributed by atoms with van der Waals surface area (Å²) in [4.78, 5) is 33.9. The highest BCUT2D eigenvalue weighted by Gasteiger charge is 2.27. The molecule has 2 heterocycles. The maximum atomic E-state index is 11.9. The predicted molar refractivity (Wildman–Crippen MR) is 69.5 cm³/mol. The molecule has 104 valence electrons. The van der Waals surface area contributed by atoms with E-state index in [-0.39, 0.29) is 24.5 Å². The first-order valence-electron chi connectivity index (χ1n) is 6.28. The Bertz CT molecular complexity index is 484. The Morgan fingerprint density at radius 3 is 2.84 bits per heavy atom. The highest BCUT2D eigenvalue weighted by atomic mass is 16.2. The van der Waals surface area contributed by atoms with Crippen molar-refractivity contribution in [2.75, 3.05) is 26.7 Å². The van der Waals surface area contributed by atoms with Crippen LogP contribution >= 0.6 is 0 Å². The number of aryl methyl sites for hydroxylation is 1. The fourth-order valence-electron chi connectivity index (χ4n) is 2.03. The van der Waals surface area contributed by atoms with Gasteiger partial charge in [-0.25, -0.2) is 9.78 Å². The van der Waals surface area contributed by atoms with E-state index in [2.05, 4.69) is 15.3 Å². The molecule has 0 radical (unpaired) electrons. The third-order valence-corrected chi connectivity index (χ3v) is 3.15. The second-order valence-electron chi connectivity index (χ2n) is 4.87. The second-order valence-corrected chi connectivity index (χ2v) is 4.87. The molecule has 2 N–H and O–H groups in total. The van der Waals surface area contributed by atoms with E-state index < -0.39 is 0 Å². The highest BCUT2D eigenvalue weighted by molar-refractivity contribution is 5.85. The van der Waals surface area contributed by atoms with Crippen LogP contribution in [0, 0.1) is 6.92 Å². The van der Waals surface area contributed by atoms with Gasteiger partial charge in [-0.05, 0) is 13.8 Å². The van der Waals surface area contributed by atoms with Gasteiger partial charge >= 0.3 is 6.03 Å². The fourth-order valence-corrected chi connectivity index (χ4v) is 2.03. The summed E-state index contributed by atoms with van der Waals surface area (Å²) in [5.41, 5.74) is 0.951. The number of aromatic amines is 1. The minimum absolute atomic E-state index is 0.0905. The van der Waals surface area contributed by atoms with E-state index in [1.54, 1.807) is 18.1 Å². The van der Waals surface area contributed by atoms with Crippen LogP contribution in [-0.2, 0) is 4.79 Å². The van der Waals surface area contributed by atoms with Gasteiger partial charge in [0.25, 0.3) is 0 Å². The quantitative estimate of drug-likeness (QED) is 0.819. The molecule has 0 aliphatic carbocycles. The van der Waals surface area contributed by atoms with Crippen molar-refractivity contribution < 1.29 is 9.59 Å². The topological polar surface area (TPSA) is 81.3 Å². The van der Waals surface area contributed by atoms with E-state index in [4.69, 9.17) is 0 Å². The van der Waals surface area contributed by atoms with E-state index in [0.29, 0.717) is 13.1 Å². The number of carbonyl (C=O) groups excluding carboxylic acids is 2. The molecule has 1 aliphatic rings. The number of hydrogen-bond acceptors (Lipinski definition) is 3. The summed E-state index contributed by atoms with van der Waals surface area (Å²) in [6.07, 6.45) is 1.72. The molecule has 0 saturated carbocycles. The molecule has 2 rings (SSSR count). The normalized spacial score (nSPS) is 16.9. The third kappa shape index (κ3) is 3.04. The second kappa shape index (κ2) is 5.29. The van der Waals surface area contributed by atoms with Crippen molar-refractivity contribution in [1.82, 2.24) is 25.1 Å². The Labute approximate surface area is 112 Å². The predicted octanol–water partition coefficient (Wildman–Crippen LogP) is 0.263. The van der Waals surface area contributed by atoms with Crippen molar-refractivity contribution in [3.8, 4) is 0 Å². The zero-order valence-corrected chi connectivity index (χ0v) is 11.4. The smallest absolute Gasteiger partial charge is 0.320 e. The average molecular weight is 265 g/mol. The number of amides is 3. The highest BCUT2D eigenvalue weighted by Crippen LogP contribution is 2.09. The molecule has 19 heavy (non-hydrogen) atoms. The lowest BCUT2D eigenvalue weighted by atomic mass is 10.3. The van der Waals surface area contributed by atoms with Crippen LogP contribution in [0.2, 0.25) is 0 Å².